The lowest BCUT2D eigenvalue weighted by Gasteiger charge is -2.16. The molecule has 0 bridgehead atoms. The molecule has 0 saturated carbocycles. The van der Waals surface area contributed by atoms with Crippen LogP contribution in [0.25, 0.3) is 0 Å². The Morgan fingerprint density at radius 2 is 2.12 bits per heavy atom. The minimum Gasteiger partial charge on any atom is -0.323 e. The van der Waals surface area contributed by atoms with Gasteiger partial charge >= 0.3 is 0 Å². The largest absolute Gasteiger partial charge is 0.323 e. The summed E-state index contributed by atoms with van der Waals surface area (Å²) >= 11 is 1.46. The molecule has 0 radical (unpaired) electrons. The van der Waals surface area contributed by atoms with Crippen molar-refractivity contribution in [1.29, 1.82) is 0 Å². The molecule has 0 spiro atoms. The molecule has 1 aromatic carbocycles. The number of aromatic nitrogens is 1. The summed E-state index contributed by atoms with van der Waals surface area (Å²) < 4.78 is 13.6. The second kappa shape index (κ2) is 4.81. The molecule has 1 heterocycles. The number of rotatable bonds is 3. The van der Waals surface area contributed by atoms with Gasteiger partial charge in [-0.1, -0.05) is 12.1 Å². The van der Waals surface area contributed by atoms with Gasteiger partial charge < -0.3 is 10.6 Å². The first-order valence-corrected chi connectivity index (χ1v) is 6.17. The van der Waals surface area contributed by atoms with Gasteiger partial charge in [0.2, 0.25) is 0 Å². The molecule has 2 rings (SSSR count). The third kappa shape index (κ3) is 2.45. The van der Waals surface area contributed by atoms with E-state index in [0.29, 0.717) is 5.69 Å². The average Bonchev–Trinajstić information content (AvgIpc) is 2.78. The van der Waals surface area contributed by atoms with Crippen LogP contribution in [0.3, 0.4) is 0 Å². The number of benzene rings is 1. The van der Waals surface area contributed by atoms with E-state index in [1.165, 1.54) is 17.4 Å². The molecular formula is C12H14FN3S. The molecule has 0 fully saturated rings. The topological polar surface area (TPSA) is 42.1 Å². The van der Waals surface area contributed by atoms with Gasteiger partial charge in [0.25, 0.3) is 0 Å². The zero-order valence-electron chi connectivity index (χ0n) is 9.72. The SMILES string of the molecule is CC(N)c1csc(N(C)c2ccccc2F)n1. The first-order valence-electron chi connectivity index (χ1n) is 5.29. The lowest BCUT2D eigenvalue weighted by atomic mass is 10.3. The van der Waals surface area contributed by atoms with Gasteiger partial charge in [0.05, 0.1) is 11.4 Å². The average molecular weight is 251 g/mol. The van der Waals surface area contributed by atoms with Gasteiger partial charge in [-0.2, -0.15) is 0 Å². The quantitative estimate of drug-likeness (QED) is 0.911. The van der Waals surface area contributed by atoms with E-state index in [4.69, 9.17) is 5.73 Å². The van der Waals surface area contributed by atoms with Crippen LogP contribution in [0.15, 0.2) is 29.6 Å². The van der Waals surface area contributed by atoms with Crippen LogP contribution in [0.4, 0.5) is 15.2 Å². The van der Waals surface area contributed by atoms with E-state index in [1.54, 1.807) is 30.1 Å². The first kappa shape index (κ1) is 12.0. The molecule has 90 valence electrons. The fourth-order valence-electron chi connectivity index (χ4n) is 1.47. The molecule has 3 nitrogen and oxygen atoms in total. The molecule has 0 aliphatic heterocycles. The predicted octanol–water partition coefficient (Wildman–Crippen LogP) is 3.07. The lowest BCUT2D eigenvalue weighted by Crippen LogP contribution is -2.12. The smallest absolute Gasteiger partial charge is 0.189 e. The highest BCUT2D eigenvalue weighted by Gasteiger charge is 2.13. The third-order valence-electron chi connectivity index (χ3n) is 2.48. The third-order valence-corrected chi connectivity index (χ3v) is 3.41. The Balaban J connectivity index is 2.31. The van der Waals surface area contributed by atoms with E-state index in [1.807, 2.05) is 12.3 Å². The van der Waals surface area contributed by atoms with E-state index in [0.717, 1.165) is 10.8 Å². The van der Waals surface area contributed by atoms with Crippen LogP contribution < -0.4 is 10.6 Å². The zero-order chi connectivity index (χ0) is 12.4. The Morgan fingerprint density at radius 3 is 2.71 bits per heavy atom. The fraction of sp³-hybridized carbons (Fsp3) is 0.250. The standard InChI is InChI=1S/C12H14FN3S/c1-8(14)10-7-17-12(15-10)16(2)11-6-4-3-5-9(11)13/h3-8H,14H2,1-2H3. The summed E-state index contributed by atoms with van der Waals surface area (Å²) in [6.45, 7) is 1.88. The van der Waals surface area contributed by atoms with Crippen LogP contribution >= 0.6 is 11.3 Å². The molecule has 1 aromatic heterocycles. The first-order chi connectivity index (χ1) is 8.09. The van der Waals surface area contributed by atoms with Crippen molar-refractivity contribution in [3.63, 3.8) is 0 Å². The molecule has 0 saturated heterocycles. The number of hydrogen-bond donors (Lipinski definition) is 1. The highest BCUT2D eigenvalue weighted by Crippen LogP contribution is 2.29. The van der Waals surface area contributed by atoms with Crippen molar-refractivity contribution in [3.8, 4) is 0 Å². The van der Waals surface area contributed by atoms with Gasteiger partial charge in [-0.25, -0.2) is 9.37 Å². The van der Waals surface area contributed by atoms with Crippen LogP contribution in [0.2, 0.25) is 0 Å². The molecule has 2 aromatic rings. The molecule has 1 atom stereocenters. The van der Waals surface area contributed by atoms with Gasteiger partial charge in [0.1, 0.15) is 5.82 Å². The molecule has 17 heavy (non-hydrogen) atoms. The highest BCUT2D eigenvalue weighted by atomic mass is 32.1. The van der Waals surface area contributed by atoms with Crippen molar-refractivity contribution < 1.29 is 4.39 Å². The van der Waals surface area contributed by atoms with Crippen molar-refractivity contribution >= 4 is 22.2 Å². The van der Waals surface area contributed by atoms with Gasteiger partial charge in [-0.05, 0) is 19.1 Å². The van der Waals surface area contributed by atoms with Crippen molar-refractivity contribution in [2.75, 3.05) is 11.9 Å². The molecular weight excluding hydrogens is 237 g/mol. The minimum absolute atomic E-state index is 0.103. The molecule has 0 aliphatic carbocycles. The normalized spacial score (nSPS) is 12.5. The van der Waals surface area contributed by atoms with E-state index in [9.17, 15) is 4.39 Å². The summed E-state index contributed by atoms with van der Waals surface area (Å²) in [5.74, 6) is -0.257. The number of nitrogens with zero attached hydrogens (tertiary/aromatic N) is 2. The van der Waals surface area contributed by atoms with E-state index < -0.39 is 0 Å². The van der Waals surface area contributed by atoms with Crippen LogP contribution in [-0.4, -0.2) is 12.0 Å². The molecule has 5 heteroatoms. The molecule has 0 amide bonds. The van der Waals surface area contributed by atoms with Crippen LogP contribution in [0.1, 0.15) is 18.7 Å². The number of halogens is 1. The second-order valence-electron chi connectivity index (χ2n) is 3.85. The minimum atomic E-state index is -0.257. The highest BCUT2D eigenvalue weighted by molar-refractivity contribution is 7.13. The molecule has 0 aliphatic rings. The Labute approximate surface area is 104 Å². The summed E-state index contributed by atoms with van der Waals surface area (Å²) in [6.07, 6.45) is 0. The summed E-state index contributed by atoms with van der Waals surface area (Å²) in [4.78, 5) is 6.11. The summed E-state index contributed by atoms with van der Waals surface area (Å²) in [7, 11) is 1.79. The predicted molar refractivity (Wildman–Crippen MR) is 69.2 cm³/mol. The Hall–Kier alpha value is -1.46. The summed E-state index contributed by atoms with van der Waals surface area (Å²) in [6, 6.07) is 6.53. The number of anilines is 2. The van der Waals surface area contributed by atoms with Crippen molar-refractivity contribution in [2.24, 2.45) is 5.73 Å². The second-order valence-corrected chi connectivity index (χ2v) is 4.69. The monoisotopic (exact) mass is 251 g/mol. The zero-order valence-corrected chi connectivity index (χ0v) is 10.5. The van der Waals surface area contributed by atoms with Crippen molar-refractivity contribution in [3.05, 3.63) is 41.2 Å². The van der Waals surface area contributed by atoms with Gasteiger partial charge in [-0.15, -0.1) is 11.3 Å². The summed E-state index contributed by atoms with van der Waals surface area (Å²) in [5.41, 5.74) is 7.09. The maximum absolute atomic E-state index is 13.6. The number of para-hydroxylation sites is 1. The summed E-state index contributed by atoms with van der Waals surface area (Å²) in [5, 5.41) is 2.64. The van der Waals surface area contributed by atoms with Crippen LogP contribution in [0, 0.1) is 5.82 Å². The lowest BCUT2D eigenvalue weighted by molar-refractivity contribution is 0.627. The van der Waals surface area contributed by atoms with Gasteiger partial charge in [0, 0.05) is 18.5 Å². The van der Waals surface area contributed by atoms with Crippen molar-refractivity contribution in [2.45, 2.75) is 13.0 Å². The molecule has 1 unspecified atom stereocenters. The number of thiazole rings is 1. The van der Waals surface area contributed by atoms with Crippen LogP contribution in [-0.2, 0) is 0 Å². The Kier molecular flexibility index (Phi) is 3.40. The maximum Gasteiger partial charge on any atom is 0.189 e. The van der Waals surface area contributed by atoms with E-state index in [2.05, 4.69) is 4.98 Å². The van der Waals surface area contributed by atoms with Crippen molar-refractivity contribution in [1.82, 2.24) is 4.98 Å². The van der Waals surface area contributed by atoms with Crippen LogP contribution in [0.5, 0.6) is 0 Å². The Bertz CT molecular complexity index is 510. The van der Waals surface area contributed by atoms with E-state index >= 15 is 0 Å². The van der Waals surface area contributed by atoms with E-state index in [-0.39, 0.29) is 11.9 Å². The maximum atomic E-state index is 13.6. The van der Waals surface area contributed by atoms with Gasteiger partial charge in [0.15, 0.2) is 5.13 Å². The molecule has 2 N–H and O–H groups in total. The number of nitrogens with two attached hydrogens (primary N) is 1. The Morgan fingerprint density at radius 1 is 1.41 bits per heavy atom. The number of hydrogen-bond acceptors (Lipinski definition) is 4. The van der Waals surface area contributed by atoms with Gasteiger partial charge in [-0.3, -0.25) is 0 Å². The fourth-order valence-corrected chi connectivity index (χ4v) is 2.37.